The standard InChI is InChI=1S/C9H12N4O/c1-6-4-7(2-3-8(6)14)5-12-13-9(10)11/h2-5,14H,1H3,(H4,10,11,13)/b12-5-. The first-order valence-electron chi connectivity index (χ1n) is 4.01. The molecule has 0 aliphatic rings. The molecular formula is C9H12N4O. The van der Waals surface area contributed by atoms with Crippen molar-refractivity contribution in [1.29, 1.82) is 0 Å². The van der Waals surface area contributed by atoms with E-state index in [9.17, 15) is 5.11 Å². The topological polar surface area (TPSA) is 97.0 Å². The van der Waals surface area contributed by atoms with Crippen molar-refractivity contribution >= 4 is 12.2 Å². The van der Waals surface area contributed by atoms with E-state index in [0.717, 1.165) is 11.1 Å². The Hall–Kier alpha value is -2.04. The summed E-state index contributed by atoms with van der Waals surface area (Å²) in [5.74, 6) is 0.167. The fraction of sp³-hybridized carbons (Fsp3) is 0.111. The van der Waals surface area contributed by atoms with Crippen LogP contribution < -0.4 is 11.5 Å². The summed E-state index contributed by atoms with van der Waals surface area (Å²) in [5.41, 5.74) is 11.8. The molecule has 0 bridgehead atoms. The van der Waals surface area contributed by atoms with E-state index < -0.39 is 0 Å². The SMILES string of the molecule is Cc1cc(/C=N\N=C(N)N)ccc1O. The highest BCUT2D eigenvalue weighted by Crippen LogP contribution is 2.15. The number of phenols is 1. The third-order valence-corrected chi connectivity index (χ3v) is 1.60. The van der Waals surface area contributed by atoms with Crippen molar-refractivity contribution in [3.8, 4) is 5.75 Å². The molecule has 0 amide bonds. The number of rotatable bonds is 2. The van der Waals surface area contributed by atoms with Gasteiger partial charge in [0.15, 0.2) is 0 Å². The van der Waals surface area contributed by atoms with Crippen LogP contribution in [0.15, 0.2) is 28.4 Å². The van der Waals surface area contributed by atoms with Gasteiger partial charge in [0.2, 0.25) is 5.96 Å². The maximum absolute atomic E-state index is 9.25. The lowest BCUT2D eigenvalue weighted by Gasteiger charge is -1.98. The van der Waals surface area contributed by atoms with Crippen LogP contribution in [0.1, 0.15) is 11.1 Å². The highest BCUT2D eigenvalue weighted by molar-refractivity contribution is 5.82. The van der Waals surface area contributed by atoms with E-state index >= 15 is 0 Å². The Morgan fingerprint density at radius 2 is 2.14 bits per heavy atom. The zero-order valence-electron chi connectivity index (χ0n) is 7.81. The first-order valence-corrected chi connectivity index (χ1v) is 4.01. The van der Waals surface area contributed by atoms with Gasteiger partial charge in [-0.05, 0) is 36.2 Å². The van der Waals surface area contributed by atoms with Gasteiger partial charge < -0.3 is 16.6 Å². The summed E-state index contributed by atoms with van der Waals surface area (Å²) >= 11 is 0. The summed E-state index contributed by atoms with van der Waals surface area (Å²) in [7, 11) is 0. The minimum Gasteiger partial charge on any atom is -0.508 e. The van der Waals surface area contributed by atoms with Crippen molar-refractivity contribution in [2.24, 2.45) is 21.7 Å². The minimum absolute atomic E-state index is 0.0863. The summed E-state index contributed by atoms with van der Waals surface area (Å²) in [4.78, 5) is 0. The Balaban J connectivity index is 2.83. The number of aryl methyl sites for hydroxylation is 1. The van der Waals surface area contributed by atoms with Gasteiger partial charge in [0.05, 0.1) is 6.21 Å². The number of benzene rings is 1. The first-order chi connectivity index (χ1) is 6.59. The lowest BCUT2D eigenvalue weighted by atomic mass is 10.1. The van der Waals surface area contributed by atoms with Crippen molar-refractivity contribution < 1.29 is 5.11 Å². The van der Waals surface area contributed by atoms with Gasteiger partial charge in [-0.25, -0.2) is 0 Å². The van der Waals surface area contributed by atoms with Crippen LogP contribution in [0.3, 0.4) is 0 Å². The van der Waals surface area contributed by atoms with E-state index in [4.69, 9.17) is 11.5 Å². The van der Waals surface area contributed by atoms with Crippen LogP contribution in [-0.4, -0.2) is 17.3 Å². The van der Waals surface area contributed by atoms with E-state index in [1.165, 1.54) is 6.21 Å². The molecule has 0 spiro atoms. The minimum atomic E-state index is -0.0863. The molecule has 5 nitrogen and oxygen atoms in total. The molecule has 0 radical (unpaired) electrons. The van der Waals surface area contributed by atoms with Crippen LogP contribution in [0, 0.1) is 6.92 Å². The molecule has 1 aromatic rings. The van der Waals surface area contributed by atoms with Crippen LogP contribution in [0.2, 0.25) is 0 Å². The van der Waals surface area contributed by atoms with E-state index in [-0.39, 0.29) is 11.7 Å². The van der Waals surface area contributed by atoms with Crippen molar-refractivity contribution in [3.63, 3.8) is 0 Å². The Kier molecular flexibility index (Phi) is 3.06. The third-order valence-electron chi connectivity index (χ3n) is 1.60. The molecule has 0 unspecified atom stereocenters. The number of nitrogens with zero attached hydrogens (tertiary/aromatic N) is 2. The average Bonchev–Trinajstić information content (AvgIpc) is 2.10. The summed E-state index contributed by atoms with van der Waals surface area (Å²) in [6, 6.07) is 5.08. The zero-order chi connectivity index (χ0) is 10.6. The summed E-state index contributed by atoms with van der Waals surface area (Å²) in [6.45, 7) is 1.80. The highest BCUT2D eigenvalue weighted by Gasteiger charge is 1.94. The van der Waals surface area contributed by atoms with Gasteiger partial charge in [-0.2, -0.15) is 5.10 Å². The number of aromatic hydroxyl groups is 1. The first kappa shape index (κ1) is 10.0. The molecule has 5 N–H and O–H groups in total. The van der Waals surface area contributed by atoms with Crippen LogP contribution in [-0.2, 0) is 0 Å². The van der Waals surface area contributed by atoms with Gasteiger partial charge in [-0.1, -0.05) is 0 Å². The molecule has 74 valence electrons. The normalized spacial score (nSPS) is 10.4. The number of guanidine groups is 1. The molecule has 0 aliphatic carbocycles. The van der Waals surface area contributed by atoms with Crippen LogP contribution in [0.25, 0.3) is 0 Å². The number of hydrogen-bond acceptors (Lipinski definition) is 3. The van der Waals surface area contributed by atoms with Crippen molar-refractivity contribution in [2.45, 2.75) is 6.92 Å². The molecule has 0 fully saturated rings. The zero-order valence-corrected chi connectivity index (χ0v) is 7.81. The van der Waals surface area contributed by atoms with Gasteiger partial charge in [-0.3, -0.25) is 0 Å². The average molecular weight is 192 g/mol. The Labute approximate surface area is 81.8 Å². The van der Waals surface area contributed by atoms with Crippen molar-refractivity contribution in [1.82, 2.24) is 0 Å². The Morgan fingerprint density at radius 1 is 1.43 bits per heavy atom. The molecule has 1 rings (SSSR count). The maximum Gasteiger partial charge on any atom is 0.211 e. The molecule has 0 aromatic heterocycles. The molecule has 5 heteroatoms. The number of hydrogen-bond donors (Lipinski definition) is 3. The second kappa shape index (κ2) is 4.27. The lowest BCUT2D eigenvalue weighted by Crippen LogP contribution is -2.21. The fourth-order valence-corrected chi connectivity index (χ4v) is 0.921. The summed E-state index contributed by atoms with van der Waals surface area (Å²) in [6.07, 6.45) is 1.51. The van der Waals surface area contributed by atoms with Crippen molar-refractivity contribution in [2.75, 3.05) is 0 Å². The lowest BCUT2D eigenvalue weighted by molar-refractivity contribution is 0.471. The van der Waals surface area contributed by atoms with E-state index in [2.05, 4.69) is 10.2 Å². The molecule has 0 aliphatic heterocycles. The largest absolute Gasteiger partial charge is 0.508 e. The summed E-state index contributed by atoms with van der Waals surface area (Å²) in [5, 5.41) is 16.3. The van der Waals surface area contributed by atoms with Gasteiger partial charge >= 0.3 is 0 Å². The van der Waals surface area contributed by atoms with E-state index in [1.807, 2.05) is 0 Å². The molecule has 0 saturated carbocycles. The van der Waals surface area contributed by atoms with Gasteiger partial charge in [0, 0.05) is 0 Å². The second-order valence-electron chi connectivity index (χ2n) is 2.82. The fourth-order valence-electron chi connectivity index (χ4n) is 0.921. The van der Waals surface area contributed by atoms with Gasteiger partial charge in [0.1, 0.15) is 5.75 Å². The van der Waals surface area contributed by atoms with Crippen LogP contribution >= 0.6 is 0 Å². The highest BCUT2D eigenvalue weighted by atomic mass is 16.3. The van der Waals surface area contributed by atoms with Crippen molar-refractivity contribution in [3.05, 3.63) is 29.3 Å². The Morgan fingerprint density at radius 3 is 2.71 bits per heavy atom. The number of nitrogens with two attached hydrogens (primary N) is 2. The molecule has 0 atom stereocenters. The Bertz CT molecular complexity index is 380. The smallest absolute Gasteiger partial charge is 0.211 e. The second-order valence-corrected chi connectivity index (χ2v) is 2.82. The number of phenolic OH excluding ortho intramolecular Hbond substituents is 1. The van der Waals surface area contributed by atoms with Gasteiger partial charge in [0.25, 0.3) is 0 Å². The van der Waals surface area contributed by atoms with E-state index in [0.29, 0.717) is 0 Å². The third kappa shape index (κ3) is 2.78. The van der Waals surface area contributed by atoms with Crippen LogP contribution in [0.4, 0.5) is 0 Å². The monoisotopic (exact) mass is 192 g/mol. The quantitative estimate of drug-likeness (QED) is 0.357. The molecule has 1 aromatic carbocycles. The van der Waals surface area contributed by atoms with E-state index in [1.54, 1.807) is 25.1 Å². The summed E-state index contributed by atoms with van der Waals surface area (Å²) < 4.78 is 0. The maximum atomic E-state index is 9.25. The molecule has 0 heterocycles. The molecule has 0 saturated heterocycles. The van der Waals surface area contributed by atoms with Crippen LogP contribution in [0.5, 0.6) is 5.75 Å². The predicted octanol–water partition coefficient (Wildman–Crippen LogP) is 0.308. The van der Waals surface area contributed by atoms with Gasteiger partial charge in [-0.15, -0.1) is 5.10 Å². The molecule has 14 heavy (non-hydrogen) atoms. The predicted molar refractivity (Wildman–Crippen MR) is 56.2 cm³/mol. The molecular weight excluding hydrogens is 180 g/mol.